The number of aromatic nitrogens is 2. The molecule has 0 fully saturated rings. The minimum Gasteiger partial charge on any atom is -0.481 e. The van der Waals surface area contributed by atoms with Crippen molar-refractivity contribution < 1.29 is 14.7 Å². The van der Waals surface area contributed by atoms with Gasteiger partial charge in [0.15, 0.2) is 5.69 Å². The number of nitrogens with one attached hydrogen (secondary N) is 2. The van der Waals surface area contributed by atoms with Crippen LogP contribution in [0.3, 0.4) is 0 Å². The zero-order valence-corrected chi connectivity index (χ0v) is 12.6. The summed E-state index contributed by atoms with van der Waals surface area (Å²) in [4.78, 5) is 22.7. The SMILES string of the molecule is CCNC(=O)c1ccc(NCC(CC(C)C)C(=O)O)nn1. The van der Waals surface area contributed by atoms with Gasteiger partial charge in [-0.2, -0.15) is 0 Å². The molecule has 1 unspecified atom stereocenters. The topological polar surface area (TPSA) is 104 Å². The quantitative estimate of drug-likeness (QED) is 0.669. The number of hydrogen-bond acceptors (Lipinski definition) is 5. The molecule has 0 radical (unpaired) electrons. The number of carbonyl (C=O) groups is 2. The molecule has 0 spiro atoms. The van der Waals surface area contributed by atoms with Crippen molar-refractivity contribution in [2.45, 2.75) is 27.2 Å². The van der Waals surface area contributed by atoms with Gasteiger partial charge in [-0.1, -0.05) is 13.8 Å². The van der Waals surface area contributed by atoms with Gasteiger partial charge in [0.25, 0.3) is 5.91 Å². The van der Waals surface area contributed by atoms with Crippen LogP contribution in [-0.4, -0.2) is 40.3 Å². The average Bonchev–Trinajstić information content (AvgIpc) is 2.43. The van der Waals surface area contributed by atoms with Crippen LogP contribution in [0.5, 0.6) is 0 Å². The summed E-state index contributed by atoms with van der Waals surface area (Å²) in [5.74, 6) is -0.824. The van der Waals surface area contributed by atoms with Crippen LogP contribution in [0.25, 0.3) is 0 Å². The predicted octanol–water partition coefficient (Wildman–Crippen LogP) is 1.39. The highest BCUT2D eigenvalue weighted by atomic mass is 16.4. The van der Waals surface area contributed by atoms with Crippen molar-refractivity contribution in [1.29, 1.82) is 0 Å². The lowest BCUT2D eigenvalue weighted by atomic mass is 9.97. The molecule has 116 valence electrons. The summed E-state index contributed by atoms with van der Waals surface area (Å²) in [5.41, 5.74) is 0.236. The highest BCUT2D eigenvalue weighted by Crippen LogP contribution is 2.13. The number of carbonyl (C=O) groups excluding carboxylic acids is 1. The Kier molecular flexibility index (Phi) is 6.58. The number of anilines is 1. The minimum atomic E-state index is -0.830. The zero-order valence-electron chi connectivity index (χ0n) is 12.6. The molecule has 1 atom stereocenters. The standard InChI is InChI=1S/C14H22N4O3/c1-4-15-13(19)11-5-6-12(18-17-11)16-8-10(14(20)21)7-9(2)3/h5-6,9-10H,4,7-8H2,1-3H3,(H,15,19)(H,16,18)(H,20,21). The van der Waals surface area contributed by atoms with Crippen LogP contribution < -0.4 is 10.6 Å². The normalized spacial score (nSPS) is 12.0. The number of rotatable bonds is 8. The average molecular weight is 294 g/mol. The van der Waals surface area contributed by atoms with Crippen molar-refractivity contribution in [2.24, 2.45) is 11.8 Å². The van der Waals surface area contributed by atoms with E-state index in [2.05, 4.69) is 20.8 Å². The van der Waals surface area contributed by atoms with Crippen LogP contribution in [-0.2, 0) is 4.79 Å². The van der Waals surface area contributed by atoms with Crippen LogP contribution in [0.15, 0.2) is 12.1 Å². The van der Waals surface area contributed by atoms with E-state index in [0.717, 1.165) is 0 Å². The van der Waals surface area contributed by atoms with E-state index in [1.165, 1.54) is 0 Å². The van der Waals surface area contributed by atoms with Crippen LogP contribution in [0.4, 0.5) is 5.82 Å². The lowest BCUT2D eigenvalue weighted by molar-refractivity contribution is -0.141. The first-order valence-corrected chi connectivity index (χ1v) is 7.02. The molecule has 0 aliphatic carbocycles. The summed E-state index contributed by atoms with van der Waals surface area (Å²) in [6.45, 7) is 6.59. The molecule has 0 saturated carbocycles. The second-order valence-electron chi connectivity index (χ2n) is 5.21. The van der Waals surface area contributed by atoms with Gasteiger partial charge in [0, 0.05) is 13.1 Å². The number of aliphatic carboxylic acids is 1. The summed E-state index contributed by atoms with van der Waals surface area (Å²) >= 11 is 0. The van der Waals surface area contributed by atoms with Crippen molar-refractivity contribution in [3.05, 3.63) is 17.8 Å². The fourth-order valence-electron chi connectivity index (χ4n) is 1.87. The molecule has 1 rings (SSSR count). The molecule has 1 aromatic rings. The van der Waals surface area contributed by atoms with Gasteiger partial charge >= 0.3 is 5.97 Å². The van der Waals surface area contributed by atoms with Crippen molar-refractivity contribution in [3.63, 3.8) is 0 Å². The second kappa shape index (κ2) is 8.18. The van der Waals surface area contributed by atoms with Crippen LogP contribution >= 0.6 is 0 Å². The molecule has 21 heavy (non-hydrogen) atoms. The van der Waals surface area contributed by atoms with E-state index < -0.39 is 11.9 Å². The van der Waals surface area contributed by atoms with E-state index in [-0.39, 0.29) is 18.1 Å². The maximum atomic E-state index is 11.5. The highest BCUT2D eigenvalue weighted by molar-refractivity contribution is 5.92. The molecule has 1 heterocycles. The Balaban J connectivity index is 2.58. The molecule has 1 amide bonds. The number of hydrogen-bond donors (Lipinski definition) is 3. The van der Waals surface area contributed by atoms with E-state index in [9.17, 15) is 9.59 Å². The Morgan fingerprint density at radius 3 is 2.48 bits per heavy atom. The largest absolute Gasteiger partial charge is 0.481 e. The molecular weight excluding hydrogens is 272 g/mol. The third kappa shape index (κ3) is 5.76. The number of carboxylic acid groups (broad SMARTS) is 1. The molecule has 0 aliphatic rings. The third-order valence-corrected chi connectivity index (χ3v) is 2.87. The maximum absolute atomic E-state index is 11.5. The molecular formula is C14H22N4O3. The predicted molar refractivity (Wildman–Crippen MR) is 79.1 cm³/mol. The van der Waals surface area contributed by atoms with Gasteiger partial charge in [-0.25, -0.2) is 0 Å². The number of amides is 1. The fourth-order valence-corrected chi connectivity index (χ4v) is 1.87. The Bertz CT molecular complexity index is 474. The smallest absolute Gasteiger partial charge is 0.308 e. The zero-order chi connectivity index (χ0) is 15.8. The Labute approximate surface area is 124 Å². The molecule has 0 aliphatic heterocycles. The Morgan fingerprint density at radius 2 is 2.00 bits per heavy atom. The van der Waals surface area contributed by atoms with Gasteiger partial charge < -0.3 is 15.7 Å². The van der Waals surface area contributed by atoms with Crippen LogP contribution in [0, 0.1) is 11.8 Å². The molecule has 0 aromatic carbocycles. The van der Waals surface area contributed by atoms with Crippen molar-refractivity contribution in [2.75, 3.05) is 18.4 Å². The highest BCUT2D eigenvalue weighted by Gasteiger charge is 2.18. The molecule has 7 nitrogen and oxygen atoms in total. The summed E-state index contributed by atoms with van der Waals surface area (Å²) in [7, 11) is 0. The van der Waals surface area contributed by atoms with Gasteiger partial charge in [-0.15, -0.1) is 10.2 Å². The van der Waals surface area contributed by atoms with Gasteiger partial charge in [0.1, 0.15) is 5.82 Å². The number of nitrogens with zero attached hydrogens (tertiary/aromatic N) is 2. The van der Waals surface area contributed by atoms with Crippen LogP contribution in [0.1, 0.15) is 37.7 Å². The van der Waals surface area contributed by atoms with E-state index in [4.69, 9.17) is 5.11 Å². The molecule has 0 saturated heterocycles. The Morgan fingerprint density at radius 1 is 1.29 bits per heavy atom. The van der Waals surface area contributed by atoms with E-state index >= 15 is 0 Å². The summed E-state index contributed by atoms with van der Waals surface area (Å²) in [6.07, 6.45) is 0.590. The molecule has 3 N–H and O–H groups in total. The Hall–Kier alpha value is -2.18. The summed E-state index contributed by atoms with van der Waals surface area (Å²) in [6, 6.07) is 3.17. The summed E-state index contributed by atoms with van der Waals surface area (Å²) in [5, 5.41) is 22.4. The van der Waals surface area contributed by atoms with Crippen molar-refractivity contribution in [1.82, 2.24) is 15.5 Å². The second-order valence-corrected chi connectivity index (χ2v) is 5.21. The number of carboxylic acids is 1. The lowest BCUT2D eigenvalue weighted by Crippen LogP contribution is -2.26. The first kappa shape index (κ1) is 16.9. The minimum absolute atomic E-state index is 0.236. The first-order chi connectivity index (χ1) is 9.93. The maximum Gasteiger partial charge on any atom is 0.308 e. The molecule has 1 aromatic heterocycles. The molecule has 7 heteroatoms. The van der Waals surface area contributed by atoms with Crippen LogP contribution in [0.2, 0.25) is 0 Å². The van der Waals surface area contributed by atoms with E-state index in [1.54, 1.807) is 12.1 Å². The van der Waals surface area contributed by atoms with Crippen molar-refractivity contribution in [3.8, 4) is 0 Å². The van der Waals surface area contributed by atoms with Gasteiger partial charge in [0.05, 0.1) is 5.92 Å². The third-order valence-electron chi connectivity index (χ3n) is 2.87. The van der Waals surface area contributed by atoms with E-state index in [1.807, 2.05) is 20.8 Å². The molecule has 0 bridgehead atoms. The fraction of sp³-hybridized carbons (Fsp3) is 0.571. The van der Waals surface area contributed by atoms with Gasteiger partial charge in [-0.05, 0) is 31.4 Å². The van der Waals surface area contributed by atoms with Crippen molar-refractivity contribution >= 4 is 17.7 Å². The van der Waals surface area contributed by atoms with Gasteiger partial charge in [-0.3, -0.25) is 9.59 Å². The first-order valence-electron chi connectivity index (χ1n) is 7.02. The monoisotopic (exact) mass is 294 g/mol. The summed E-state index contributed by atoms with van der Waals surface area (Å²) < 4.78 is 0. The lowest BCUT2D eigenvalue weighted by Gasteiger charge is -2.15. The van der Waals surface area contributed by atoms with E-state index in [0.29, 0.717) is 24.7 Å². The van der Waals surface area contributed by atoms with Gasteiger partial charge in [0.2, 0.25) is 0 Å².